The first-order chi connectivity index (χ1) is 9.56. The van der Waals surface area contributed by atoms with Gasteiger partial charge in [-0.3, -0.25) is 0 Å². The Hall–Kier alpha value is -1.85. The molecule has 0 amide bonds. The summed E-state index contributed by atoms with van der Waals surface area (Å²) in [6.45, 7) is -0.143. The van der Waals surface area contributed by atoms with Crippen molar-refractivity contribution in [3.05, 3.63) is 71.0 Å². The van der Waals surface area contributed by atoms with Crippen LogP contribution in [-0.2, 0) is 0 Å². The van der Waals surface area contributed by atoms with E-state index in [0.717, 1.165) is 12.1 Å². The van der Waals surface area contributed by atoms with Crippen LogP contribution in [0.4, 0.5) is 13.2 Å². The molecule has 2 unspecified atom stereocenters. The average molecular weight is 281 g/mol. The van der Waals surface area contributed by atoms with Gasteiger partial charge in [0.15, 0.2) is 0 Å². The molecular formula is C15H14F3NO. The monoisotopic (exact) mass is 281 g/mol. The molecule has 3 N–H and O–H groups in total. The normalized spacial score (nSPS) is 14.1. The third-order valence-electron chi connectivity index (χ3n) is 3.24. The summed E-state index contributed by atoms with van der Waals surface area (Å²) in [4.78, 5) is 0. The van der Waals surface area contributed by atoms with Crippen LogP contribution in [-0.4, -0.2) is 11.7 Å². The maximum absolute atomic E-state index is 13.7. The summed E-state index contributed by atoms with van der Waals surface area (Å²) in [5.41, 5.74) is 5.18. The van der Waals surface area contributed by atoms with Crippen molar-refractivity contribution in [2.24, 2.45) is 5.73 Å². The first kappa shape index (κ1) is 14.6. The molecule has 2 aromatic carbocycles. The minimum atomic E-state index is -1.56. The summed E-state index contributed by atoms with van der Waals surface area (Å²) < 4.78 is 41.1. The smallest absolute Gasteiger partial charge is 0.131 e. The molecule has 0 spiro atoms. The number of hydrogen-bond acceptors (Lipinski definition) is 2. The Morgan fingerprint density at radius 1 is 0.900 bits per heavy atom. The van der Waals surface area contributed by atoms with Gasteiger partial charge in [-0.05, 0) is 23.8 Å². The highest BCUT2D eigenvalue weighted by Crippen LogP contribution is 2.34. The standard InChI is InChI=1S/C15H14F3NO/c16-11-5-2-1-4-9(11)10(8-19)15(20)14-12(17)6-3-7-13(14)18/h1-7,10,15,20H,8,19H2. The number of nitrogens with two attached hydrogens (primary N) is 1. The highest BCUT2D eigenvalue weighted by molar-refractivity contribution is 5.30. The molecule has 0 heterocycles. The van der Waals surface area contributed by atoms with Gasteiger partial charge in [-0.25, -0.2) is 13.2 Å². The number of aliphatic hydroxyl groups excluding tert-OH is 1. The maximum atomic E-state index is 13.7. The van der Waals surface area contributed by atoms with Crippen LogP contribution in [0.2, 0.25) is 0 Å². The van der Waals surface area contributed by atoms with E-state index >= 15 is 0 Å². The van der Waals surface area contributed by atoms with Crippen molar-refractivity contribution in [3.8, 4) is 0 Å². The Morgan fingerprint density at radius 2 is 1.45 bits per heavy atom. The lowest BCUT2D eigenvalue weighted by Crippen LogP contribution is -2.22. The van der Waals surface area contributed by atoms with Crippen molar-refractivity contribution >= 4 is 0 Å². The van der Waals surface area contributed by atoms with Crippen molar-refractivity contribution in [1.82, 2.24) is 0 Å². The molecule has 0 aliphatic heterocycles. The van der Waals surface area contributed by atoms with Gasteiger partial charge in [-0.2, -0.15) is 0 Å². The number of rotatable bonds is 4. The molecule has 0 saturated heterocycles. The van der Waals surface area contributed by atoms with Gasteiger partial charge in [0.1, 0.15) is 17.5 Å². The van der Waals surface area contributed by atoms with E-state index in [9.17, 15) is 18.3 Å². The Bertz CT molecular complexity index is 583. The van der Waals surface area contributed by atoms with Crippen LogP contribution < -0.4 is 5.73 Å². The molecule has 0 aromatic heterocycles. The van der Waals surface area contributed by atoms with Crippen LogP contribution in [0.15, 0.2) is 42.5 Å². The van der Waals surface area contributed by atoms with E-state index in [2.05, 4.69) is 0 Å². The molecular weight excluding hydrogens is 267 g/mol. The molecule has 0 bridgehead atoms. The van der Waals surface area contributed by atoms with Crippen LogP contribution in [0.25, 0.3) is 0 Å². The predicted molar refractivity (Wildman–Crippen MR) is 69.5 cm³/mol. The molecule has 5 heteroatoms. The Kier molecular flexibility index (Phi) is 4.42. The zero-order valence-corrected chi connectivity index (χ0v) is 10.6. The SMILES string of the molecule is NCC(c1ccccc1F)C(O)c1c(F)cccc1F. The third-order valence-corrected chi connectivity index (χ3v) is 3.24. The maximum Gasteiger partial charge on any atom is 0.131 e. The average Bonchev–Trinajstić information content (AvgIpc) is 2.41. The molecule has 2 rings (SSSR count). The fourth-order valence-corrected chi connectivity index (χ4v) is 2.20. The predicted octanol–water partition coefficient (Wildman–Crippen LogP) is 2.88. The second-order valence-electron chi connectivity index (χ2n) is 4.44. The molecule has 0 fully saturated rings. The number of hydrogen-bond donors (Lipinski definition) is 2. The van der Waals surface area contributed by atoms with E-state index in [1.165, 1.54) is 24.3 Å². The molecule has 106 valence electrons. The van der Waals surface area contributed by atoms with Crippen molar-refractivity contribution < 1.29 is 18.3 Å². The van der Waals surface area contributed by atoms with Gasteiger partial charge in [-0.15, -0.1) is 0 Å². The fourth-order valence-electron chi connectivity index (χ4n) is 2.20. The summed E-state index contributed by atoms with van der Waals surface area (Å²) in [6, 6.07) is 8.99. The summed E-state index contributed by atoms with van der Waals surface area (Å²) in [5, 5.41) is 10.2. The third kappa shape index (κ3) is 2.69. The Morgan fingerprint density at radius 3 is 2.00 bits per heavy atom. The summed E-state index contributed by atoms with van der Waals surface area (Å²) >= 11 is 0. The minimum absolute atomic E-state index is 0.130. The van der Waals surface area contributed by atoms with Gasteiger partial charge in [0.2, 0.25) is 0 Å². The van der Waals surface area contributed by atoms with E-state index in [1.807, 2.05) is 0 Å². The van der Waals surface area contributed by atoms with Crippen molar-refractivity contribution in [1.29, 1.82) is 0 Å². The Balaban J connectivity index is 2.45. The van der Waals surface area contributed by atoms with Gasteiger partial charge in [0, 0.05) is 12.5 Å². The fraction of sp³-hybridized carbons (Fsp3) is 0.200. The van der Waals surface area contributed by atoms with Gasteiger partial charge in [0.25, 0.3) is 0 Å². The largest absolute Gasteiger partial charge is 0.388 e. The van der Waals surface area contributed by atoms with E-state index in [4.69, 9.17) is 5.73 Å². The molecule has 2 nitrogen and oxygen atoms in total. The van der Waals surface area contributed by atoms with Crippen LogP contribution in [0.1, 0.15) is 23.1 Å². The number of benzene rings is 2. The highest BCUT2D eigenvalue weighted by atomic mass is 19.1. The molecule has 2 aromatic rings. The van der Waals surface area contributed by atoms with Crippen molar-refractivity contribution in [2.75, 3.05) is 6.54 Å². The van der Waals surface area contributed by atoms with Crippen LogP contribution >= 0.6 is 0 Å². The van der Waals surface area contributed by atoms with E-state index in [-0.39, 0.29) is 12.1 Å². The summed E-state index contributed by atoms with van der Waals surface area (Å²) in [6.07, 6.45) is -1.56. The quantitative estimate of drug-likeness (QED) is 0.905. The minimum Gasteiger partial charge on any atom is -0.388 e. The lowest BCUT2D eigenvalue weighted by atomic mass is 9.88. The topological polar surface area (TPSA) is 46.2 Å². The molecule has 0 aliphatic carbocycles. The molecule has 20 heavy (non-hydrogen) atoms. The first-order valence-electron chi connectivity index (χ1n) is 6.12. The van der Waals surface area contributed by atoms with Crippen molar-refractivity contribution in [3.63, 3.8) is 0 Å². The van der Waals surface area contributed by atoms with E-state index in [0.29, 0.717) is 0 Å². The van der Waals surface area contributed by atoms with Crippen LogP contribution in [0.3, 0.4) is 0 Å². The first-order valence-corrected chi connectivity index (χ1v) is 6.12. The molecule has 0 radical (unpaired) electrons. The lowest BCUT2D eigenvalue weighted by Gasteiger charge is -2.23. The molecule has 2 atom stereocenters. The number of aliphatic hydroxyl groups is 1. The second-order valence-corrected chi connectivity index (χ2v) is 4.44. The van der Waals surface area contributed by atoms with Gasteiger partial charge in [-0.1, -0.05) is 24.3 Å². The zero-order chi connectivity index (χ0) is 14.7. The molecule has 0 saturated carbocycles. The highest BCUT2D eigenvalue weighted by Gasteiger charge is 2.28. The van der Waals surface area contributed by atoms with E-state index < -0.39 is 35.0 Å². The van der Waals surface area contributed by atoms with Crippen LogP contribution in [0.5, 0.6) is 0 Å². The second kappa shape index (κ2) is 6.07. The lowest BCUT2D eigenvalue weighted by molar-refractivity contribution is 0.137. The summed E-state index contributed by atoms with van der Waals surface area (Å²) in [5.74, 6) is -3.26. The van der Waals surface area contributed by atoms with Gasteiger partial charge in [0.05, 0.1) is 11.7 Å². The van der Waals surface area contributed by atoms with Gasteiger partial charge >= 0.3 is 0 Å². The molecule has 0 aliphatic rings. The number of halogens is 3. The van der Waals surface area contributed by atoms with Crippen molar-refractivity contribution in [2.45, 2.75) is 12.0 Å². The van der Waals surface area contributed by atoms with Crippen LogP contribution in [0, 0.1) is 17.5 Å². The summed E-state index contributed by atoms with van der Waals surface area (Å²) in [7, 11) is 0. The Labute approximate surface area is 114 Å². The zero-order valence-electron chi connectivity index (χ0n) is 10.6. The van der Waals surface area contributed by atoms with Gasteiger partial charge < -0.3 is 10.8 Å². The van der Waals surface area contributed by atoms with E-state index in [1.54, 1.807) is 6.07 Å².